The van der Waals surface area contributed by atoms with Gasteiger partial charge in [-0.3, -0.25) is 4.98 Å². The SMILES string of the molecule is CN(Cc1cccnc1)c1ccc(N)cc1Cl. The summed E-state index contributed by atoms with van der Waals surface area (Å²) in [6.45, 7) is 0.761. The van der Waals surface area contributed by atoms with Gasteiger partial charge in [0.1, 0.15) is 0 Å². The standard InChI is InChI=1S/C13H14ClN3/c1-17(9-10-3-2-6-16-8-10)13-5-4-11(15)7-12(13)14/h2-8H,9,15H2,1H3. The zero-order valence-electron chi connectivity index (χ0n) is 9.60. The predicted molar refractivity (Wildman–Crippen MR) is 72.2 cm³/mol. The fourth-order valence-corrected chi connectivity index (χ4v) is 2.02. The minimum atomic E-state index is 0.663. The van der Waals surface area contributed by atoms with Crippen LogP contribution in [0.1, 0.15) is 5.56 Å². The van der Waals surface area contributed by atoms with E-state index in [-0.39, 0.29) is 0 Å². The second-order valence-electron chi connectivity index (χ2n) is 3.93. The summed E-state index contributed by atoms with van der Waals surface area (Å²) >= 11 is 6.15. The van der Waals surface area contributed by atoms with Crippen molar-refractivity contribution in [3.05, 3.63) is 53.3 Å². The van der Waals surface area contributed by atoms with Crippen LogP contribution in [0.25, 0.3) is 0 Å². The molecule has 88 valence electrons. The molecule has 2 aromatic rings. The van der Waals surface area contributed by atoms with Gasteiger partial charge in [-0.1, -0.05) is 17.7 Å². The van der Waals surface area contributed by atoms with Crippen molar-refractivity contribution >= 4 is 23.0 Å². The summed E-state index contributed by atoms with van der Waals surface area (Å²) in [5, 5.41) is 0.663. The van der Waals surface area contributed by atoms with Crippen molar-refractivity contribution in [2.75, 3.05) is 17.7 Å². The smallest absolute Gasteiger partial charge is 0.0660 e. The zero-order chi connectivity index (χ0) is 12.3. The minimum Gasteiger partial charge on any atom is -0.399 e. The first-order chi connectivity index (χ1) is 8.16. The lowest BCUT2D eigenvalue weighted by molar-refractivity contribution is 0.915. The van der Waals surface area contributed by atoms with Crippen molar-refractivity contribution in [1.29, 1.82) is 0 Å². The number of hydrogen-bond donors (Lipinski definition) is 1. The van der Waals surface area contributed by atoms with Crippen LogP contribution in [0.2, 0.25) is 5.02 Å². The highest BCUT2D eigenvalue weighted by molar-refractivity contribution is 6.33. The third-order valence-corrected chi connectivity index (χ3v) is 2.83. The number of pyridine rings is 1. The van der Waals surface area contributed by atoms with Gasteiger partial charge in [0, 0.05) is 31.7 Å². The van der Waals surface area contributed by atoms with E-state index in [4.69, 9.17) is 17.3 Å². The van der Waals surface area contributed by atoms with E-state index < -0.39 is 0 Å². The van der Waals surface area contributed by atoms with Crippen molar-refractivity contribution < 1.29 is 0 Å². The quantitative estimate of drug-likeness (QED) is 0.848. The lowest BCUT2D eigenvalue weighted by Gasteiger charge is -2.20. The Kier molecular flexibility index (Phi) is 3.49. The van der Waals surface area contributed by atoms with Gasteiger partial charge in [-0.25, -0.2) is 0 Å². The Morgan fingerprint density at radius 1 is 1.35 bits per heavy atom. The van der Waals surface area contributed by atoms with Crippen molar-refractivity contribution in [2.45, 2.75) is 6.54 Å². The monoisotopic (exact) mass is 247 g/mol. The zero-order valence-corrected chi connectivity index (χ0v) is 10.4. The Morgan fingerprint density at radius 3 is 2.82 bits per heavy atom. The topological polar surface area (TPSA) is 42.2 Å². The van der Waals surface area contributed by atoms with Gasteiger partial charge in [0.15, 0.2) is 0 Å². The molecule has 0 aliphatic rings. The molecule has 0 aliphatic carbocycles. The molecule has 2 N–H and O–H groups in total. The highest BCUT2D eigenvalue weighted by atomic mass is 35.5. The third-order valence-electron chi connectivity index (χ3n) is 2.53. The molecule has 1 heterocycles. The van der Waals surface area contributed by atoms with Gasteiger partial charge < -0.3 is 10.6 Å². The maximum Gasteiger partial charge on any atom is 0.0660 e. The van der Waals surface area contributed by atoms with Gasteiger partial charge in [-0.05, 0) is 29.8 Å². The molecule has 0 unspecified atom stereocenters. The summed E-state index contributed by atoms with van der Waals surface area (Å²) < 4.78 is 0. The molecule has 0 atom stereocenters. The first-order valence-corrected chi connectivity index (χ1v) is 5.69. The van der Waals surface area contributed by atoms with Crippen molar-refractivity contribution in [2.24, 2.45) is 0 Å². The van der Waals surface area contributed by atoms with Gasteiger partial charge in [0.2, 0.25) is 0 Å². The normalized spacial score (nSPS) is 10.2. The number of aromatic nitrogens is 1. The number of benzene rings is 1. The van der Waals surface area contributed by atoms with E-state index in [1.54, 1.807) is 12.3 Å². The summed E-state index contributed by atoms with van der Waals surface area (Å²) in [6, 6.07) is 9.49. The molecule has 0 aliphatic heterocycles. The first-order valence-electron chi connectivity index (χ1n) is 5.32. The van der Waals surface area contributed by atoms with E-state index in [9.17, 15) is 0 Å². The summed E-state index contributed by atoms with van der Waals surface area (Å²) in [5.74, 6) is 0. The van der Waals surface area contributed by atoms with Crippen LogP contribution in [0, 0.1) is 0 Å². The Morgan fingerprint density at radius 2 is 2.18 bits per heavy atom. The molecule has 1 aromatic heterocycles. The van der Waals surface area contributed by atoms with Crippen LogP contribution in [-0.2, 0) is 6.54 Å². The molecule has 0 bridgehead atoms. The van der Waals surface area contributed by atoms with Gasteiger partial charge in [0.05, 0.1) is 10.7 Å². The van der Waals surface area contributed by atoms with Gasteiger partial charge >= 0.3 is 0 Å². The molecule has 0 saturated carbocycles. The fourth-order valence-electron chi connectivity index (χ4n) is 1.68. The van der Waals surface area contributed by atoms with E-state index in [2.05, 4.69) is 9.88 Å². The van der Waals surface area contributed by atoms with E-state index in [1.165, 1.54) is 0 Å². The average Bonchev–Trinajstić information content (AvgIpc) is 2.30. The summed E-state index contributed by atoms with van der Waals surface area (Å²) in [6.07, 6.45) is 3.61. The van der Waals surface area contributed by atoms with Crippen LogP contribution in [-0.4, -0.2) is 12.0 Å². The molecule has 0 spiro atoms. The van der Waals surface area contributed by atoms with Crippen molar-refractivity contribution in [3.8, 4) is 0 Å². The number of nitrogen functional groups attached to an aromatic ring is 1. The Hall–Kier alpha value is -1.74. The fraction of sp³-hybridized carbons (Fsp3) is 0.154. The second kappa shape index (κ2) is 5.06. The number of anilines is 2. The Bertz CT molecular complexity index is 499. The van der Waals surface area contributed by atoms with Crippen molar-refractivity contribution in [1.82, 2.24) is 4.98 Å². The van der Waals surface area contributed by atoms with Gasteiger partial charge in [0.25, 0.3) is 0 Å². The summed E-state index contributed by atoms with van der Waals surface area (Å²) in [4.78, 5) is 6.16. The van der Waals surface area contributed by atoms with Crippen LogP contribution in [0.5, 0.6) is 0 Å². The number of nitrogens with zero attached hydrogens (tertiary/aromatic N) is 2. The van der Waals surface area contributed by atoms with Gasteiger partial charge in [-0.2, -0.15) is 0 Å². The van der Waals surface area contributed by atoms with E-state index >= 15 is 0 Å². The molecule has 17 heavy (non-hydrogen) atoms. The number of nitrogens with two attached hydrogens (primary N) is 1. The van der Waals surface area contributed by atoms with Crippen LogP contribution in [0.4, 0.5) is 11.4 Å². The maximum absolute atomic E-state index is 6.15. The van der Waals surface area contributed by atoms with E-state index in [0.29, 0.717) is 10.7 Å². The second-order valence-corrected chi connectivity index (χ2v) is 4.34. The van der Waals surface area contributed by atoms with E-state index in [0.717, 1.165) is 17.8 Å². The first kappa shape index (κ1) is 11.7. The number of rotatable bonds is 3. The molecule has 0 radical (unpaired) electrons. The van der Waals surface area contributed by atoms with E-state index in [1.807, 2.05) is 37.5 Å². The summed E-state index contributed by atoms with van der Waals surface area (Å²) in [7, 11) is 1.99. The molecule has 4 heteroatoms. The van der Waals surface area contributed by atoms with Crippen LogP contribution >= 0.6 is 11.6 Å². The number of hydrogen-bond acceptors (Lipinski definition) is 3. The lowest BCUT2D eigenvalue weighted by atomic mass is 10.2. The van der Waals surface area contributed by atoms with Crippen LogP contribution in [0.15, 0.2) is 42.7 Å². The van der Waals surface area contributed by atoms with Crippen LogP contribution in [0.3, 0.4) is 0 Å². The lowest BCUT2D eigenvalue weighted by Crippen LogP contribution is -2.16. The maximum atomic E-state index is 6.15. The highest BCUT2D eigenvalue weighted by Gasteiger charge is 2.06. The highest BCUT2D eigenvalue weighted by Crippen LogP contribution is 2.27. The molecule has 3 nitrogen and oxygen atoms in total. The third kappa shape index (κ3) is 2.88. The van der Waals surface area contributed by atoms with Crippen molar-refractivity contribution in [3.63, 3.8) is 0 Å². The predicted octanol–water partition coefficient (Wildman–Crippen LogP) is 2.95. The molecule has 2 rings (SSSR count). The molecular weight excluding hydrogens is 234 g/mol. The van der Waals surface area contributed by atoms with Crippen LogP contribution < -0.4 is 10.6 Å². The average molecular weight is 248 g/mol. The molecule has 0 amide bonds. The molecular formula is C13H14ClN3. The largest absolute Gasteiger partial charge is 0.399 e. The molecule has 0 fully saturated rings. The summed E-state index contributed by atoms with van der Waals surface area (Å²) in [5.41, 5.74) is 8.45. The molecule has 1 aromatic carbocycles. The Balaban J connectivity index is 2.17. The molecule has 0 saturated heterocycles. The number of halogens is 1. The Labute approximate surface area is 106 Å². The minimum absolute atomic E-state index is 0.663. The van der Waals surface area contributed by atoms with Gasteiger partial charge in [-0.15, -0.1) is 0 Å².